The number of nitrogens with one attached hydrogen (secondary N) is 2. The van der Waals surface area contributed by atoms with E-state index in [9.17, 15) is 4.79 Å². The van der Waals surface area contributed by atoms with E-state index in [0.717, 1.165) is 44.9 Å². The summed E-state index contributed by atoms with van der Waals surface area (Å²) < 4.78 is 0. The van der Waals surface area contributed by atoms with Gasteiger partial charge in [-0.15, -0.1) is 0 Å². The van der Waals surface area contributed by atoms with E-state index in [-0.39, 0.29) is 17.9 Å². The number of rotatable bonds is 8. The Morgan fingerprint density at radius 2 is 1.94 bits per heavy atom. The van der Waals surface area contributed by atoms with E-state index in [1.807, 2.05) is 0 Å². The molecule has 2 unspecified atom stereocenters. The lowest BCUT2D eigenvalue weighted by atomic mass is 9.97. The van der Waals surface area contributed by atoms with E-state index in [1.54, 1.807) is 7.05 Å². The molecular formula is C26H37N5O. The first-order valence-electron chi connectivity index (χ1n) is 11.6. The molecule has 172 valence electrons. The minimum atomic E-state index is -0.179. The van der Waals surface area contributed by atoms with Gasteiger partial charge in [0.2, 0.25) is 5.91 Å². The number of hydrogen-bond donors (Lipinski definition) is 3. The first kappa shape index (κ1) is 23.8. The summed E-state index contributed by atoms with van der Waals surface area (Å²) in [6, 6.07) is 17.5. The van der Waals surface area contributed by atoms with Crippen molar-refractivity contribution in [2.75, 3.05) is 20.1 Å². The van der Waals surface area contributed by atoms with Gasteiger partial charge in [-0.05, 0) is 55.0 Å². The number of amides is 1. The van der Waals surface area contributed by atoms with Gasteiger partial charge in [-0.1, -0.05) is 55.5 Å². The summed E-state index contributed by atoms with van der Waals surface area (Å²) in [6.45, 7) is 7.62. The molecule has 0 radical (unpaired) electrons. The summed E-state index contributed by atoms with van der Waals surface area (Å²) in [5.74, 6) is 0.577. The SMILES string of the molecule is CCc1ccc(C(C)NC(=NC)NCc2cccc(CN3CCCC(C(N)=O)C3)c2)cc1. The van der Waals surface area contributed by atoms with Crippen LogP contribution in [-0.4, -0.2) is 36.9 Å². The lowest BCUT2D eigenvalue weighted by Gasteiger charge is -2.31. The van der Waals surface area contributed by atoms with Gasteiger partial charge in [0, 0.05) is 26.7 Å². The highest BCUT2D eigenvalue weighted by molar-refractivity contribution is 5.80. The van der Waals surface area contributed by atoms with Crippen molar-refractivity contribution in [2.45, 2.75) is 52.2 Å². The topological polar surface area (TPSA) is 82.8 Å². The third-order valence-electron chi connectivity index (χ3n) is 6.23. The molecule has 1 heterocycles. The Morgan fingerprint density at radius 1 is 1.19 bits per heavy atom. The molecule has 0 bridgehead atoms. The number of likely N-dealkylation sites (tertiary alicyclic amines) is 1. The van der Waals surface area contributed by atoms with Crippen LogP contribution in [0.25, 0.3) is 0 Å². The zero-order chi connectivity index (χ0) is 22.9. The van der Waals surface area contributed by atoms with Crippen LogP contribution in [-0.2, 0) is 24.3 Å². The second-order valence-corrected chi connectivity index (χ2v) is 8.68. The maximum Gasteiger partial charge on any atom is 0.221 e. The third-order valence-corrected chi connectivity index (χ3v) is 6.23. The van der Waals surface area contributed by atoms with Crippen LogP contribution in [0.4, 0.5) is 0 Å². The second-order valence-electron chi connectivity index (χ2n) is 8.68. The number of primary amides is 1. The fourth-order valence-electron chi connectivity index (χ4n) is 4.24. The molecule has 2 aromatic rings. The van der Waals surface area contributed by atoms with Gasteiger partial charge in [-0.2, -0.15) is 0 Å². The Balaban J connectivity index is 1.53. The molecule has 0 saturated carbocycles. The average Bonchev–Trinajstić information content (AvgIpc) is 2.82. The van der Waals surface area contributed by atoms with Crippen LogP contribution in [0.2, 0.25) is 0 Å². The van der Waals surface area contributed by atoms with Gasteiger partial charge in [0.1, 0.15) is 0 Å². The lowest BCUT2D eigenvalue weighted by Crippen LogP contribution is -2.40. The maximum absolute atomic E-state index is 11.5. The summed E-state index contributed by atoms with van der Waals surface area (Å²) in [6.07, 6.45) is 2.98. The van der Waals surface area contributed by atoms with Crippen molar-refractivity contribution >= 4 is 11.9 Å². The maximum atomic E-state index is 11.5. The fraction of sp³-hybridized carbons (Fsp3) is 0.462. The summed E-state index contributed by atoms with van der Waals surface area (Å²) >= 11 is 0. The molecule has 6 nitrogen and oxygen atoms in total. The first-order chi connectivity index (χ1) is 15.5. The first-order valence-corrected chi connectivity index (χ1v) is 11.6. The minimum absolute atomic E-state index is 0.0248. The van der Waals surface area contributed by atoms with Crippen LogP contribution in [0.3, 0.4) is 0 Å². The molecule has 1 amide bonds. The number of benzene rings is 2. The van der Waals surface area contributed by atoms with Crippen LogP contribution in [0, 0.1) is 5.92 Å². The molecule has 32 heavy (non-hydrogen) atoms. The van der Waals surface area contributed by atoms with Gasteiger partial charge in [-0.3, -0.25) is 14.7 Å². The van der Waals surface area contributed by atoms with Crippen molar-refractivity contribution < 1.29 is 4.79 Å². The van der Waals surface area contributed by atoms with Crippen molar-refractivity contribution in [1.29, 1.82) is 0 Å². The van der Waals surface area contributed by atoms with Gasteiger partial charge in [0.25, 0.3) is 0 Å². The van der Waals surface area contributed by atoms with E-state index in [4.69, 9.17) is 5.73 Å². The Bertz CT molecular complexity index is 909. The number of aliphatic imine (C=N–C) groups is 1. The van der Waals surface area contributed by atoms with E-state index in [1.165, 1.54) is 22.3 Å². The van der Waals surface area contributed by atoms with E-state index in [0.29, 0.717) is 6.54 Å². The predicted octanol–water partition coefficient (Wildman–Crippen LogP) is 3.37. The lowest BCUT2D eigenvalue weighted by molar-refractivity contribution is -0.123. The fourth-order valence-corrected chi connectivity index (χ4v) is 4.24. The number of carbonyl (C=O) groups excluding carboxylic acids is 1. The van der Waals surface area contributed by atoms with Crippen molar-refractivity contribution in [3.63, 3.8) is 0 Å². The standard InChI is InChI=1S/C26H37N5O/c1-4-20-10-12-23(13-11-20)19(2)30-26(28-3)29-16-21-7-5-8-22(15-21)17-31-14-6-9-24(18-31)25(27)32/h5,7-8,10-13,15,19,24H,4,6,9,14,16-18H2,1-3H3,(H2,27,32)(H2,28,29,30). The zero-order valence-electron chi connectivity index (χ0n) is 19.6. The summed E-state index contributed by atoms with van der Waals surface area (Å²) in [5, 5.41) is 6.90. The normalized spacial score (nSPS) is 18.2. The molecule has 1 aliphatic heterocycles. The average molecular weight is 436 g/mol. The van der Waals surface area contributed by atoms with Crippen LogP contribution in [0.1, 0.15) is 55.0 Å². The van der Waals surface area contributed by atoms with Gasteiger partial charge < -0.3 is 16.4 Å². The van der Waals surface area contributed by atoms with Gasteiger partial charge in [0.05, 0.1) is 12.0 Å². The molecule has 0 aliphatic carbocycles. The van der Waals surface area contributed by atoms with E-state index < -0.39 is 0 Å². The monoisotopic (exact) mass is 435 g/mol. The predicted molar refractivity (Wildman–Crippen MR) is 131 cm³/mol. The van der Waals surface area contributed by atoms with Crippen LogP contribution in [0.5, 0.6) is 0 Å². The molecule has 3 rings (SSSR count). The number of piperidine rings is 1. The minimum Gasteiger partial charge on any atom is -0.369 e. The van der Waals surface area contributed by atoms with Crippen molar-refractivity contribution in [2.24, 2.45) is 16.6 Å². The van der Waals surface area contributed by atoms with Crippen LogP contribution < -0.4 is 16.4 Å². The van der Waals surface area contributed by atoms with Crippen molar-refractivity contribution in [3.8, 4) is 0 Å². The smallest absolute Gasteiger partial charge is 0.221 e. The highest BCUT2D eigenvalue weighted by atomic mass is 16.1. The third kappa shape index (κ3) is 6.82. The largest absolute Gasteiger partial charge is 0.369 e. The van der Waals surface area contributed by atoms with Gasteiger partial charge in [0.15, 0.2) is 5.96 Å². The Labute approximate surface area is 192 Å². The van der Waals surface area contributed by atoms with Gasteiger partial charge in [-0.25, -0.2) is 0 Å². The molecule has 1 aliphatic rings. The number of nitrogens with two attached hydrogens (primary N) is 1. The zero-order valence-corrected chi connectivity index (χ0v) is 19.6. The molecule has 0 spiro atoms. The number of nitrogens with zero attached hydrogens (tertiary/aromatic N) is 2. The number of hydrogen-bond acceptors (Lipinski definition) is 3. The summed E-state index contributed by atoms with van der Waals surface area (Å²) in [4.78, 5) is 18.3. The van der Waals surface area contributed by atoms with Gasteiger partial charge >= 0.3 is 0 Å². The molecule has 4 N–H and O–H groups in total. The number of aryl methyl sites for hydroxylation is 1. The summed E-state index contributed by atoms with van der Waals surface area (Å²) in [5.41, 5.74) is 10.6. The Kier molecular flexibility index (Phi) is 8.68. The molecule has 2 atom stereocenters. The highest BCUT2D eigenvalue weighted by Crippen LogP contribution is 2.19. The number of guanidine groups is 1. The highest BCUT2D eigenvalue weighted by Gasteiger charge is 2.23. The van der Waals surface area contributed by atoms with Crippen LogP contribution in [0.15, 0.2) is 53.5 Å². The molecule has 1 saturated heterocycles. The van der Waals surface area contributed by atoms with E-state index in [2.05, 4.69) is 82.9 Å². The Hall–Kier alpha value is -2.86. The van der Waals surface area contributed by atoms with Crippen molar-refractivity contribution in [3.05, 3.63) is 70.8 Å². The number of carbonyl (C=O) groups is 1. The summed E-state index contributed by atoms with van der Waals surface area (Å²) in [7, 11) is 1.80. The second kappa shape index (κ2) is 11.7. The van der Waals surface area contributed by atoms with Crippen molar-refractivity contribution in [1.82, 2.24) is 15.5 Å². The van der Waals surface area contributed by atoms with Crippen LogP contribution >= 0.6 is 0 Å². The molecule has 0 aromatic heterocycles. The Morgan fingerprint density at radius 3 is 2.62 bits per heavy atom. The van der Waals surface area contributed by atoms with E-state index >= 15 is 0 Å². The molecule has 6 heteroatoms. The molecule has 2 aromatic carbocycles. The quantitative estimate of drug-likeness (QED) is 0.439. The molecular weight excluding hydrogens is 398 g/mol. The molecule has 1 fully saturated rings.